The van der Waals surface area contributed by atoms with Crippen molar-refractivity contribution in [1.29, 1.82) is 0 Å². The number of aromatic nitrogens is 1. The van der Waals surface area contributed by atoms with Crippen LogP contribution in [0.1, 0.15) is 30.7 Å². The fourth-order valence-corrected chi connectivity index (χ4v) is 4.23. The number of halogens is 1. The molecule has 7 heteroatoms. The summed E-state index contributed by atoms with van der Waals surface area (Å²) in [4.78, 5) is 24.7. The van der Waals surface area contributed by atoms with E-state index in [-0.39, 0.29) is 23.5 Å². The fraction of sp³-hybridized carbons (Fsp3) is 0.550. The summed E-state index contributed by atoms with van der Waals surface area (Å²) in [5.41, 5.74) is 2.03. The number of hydrogen-bond acceptors (Lipinski definition) is 6. The van der Waals surface area contributed by atoms with Gasteiger partial charge in [-0.1, -0.05) is 11.6 Å². The molecule has 3 aliphatic heterocycles. The van der Waals surface area contributed by atoms with Crippen LogP contribution in [0.3, 0.4) is 0 Å². The lowest BCUT2D eigenvalue weighted by Crippen LogP contribution is -2.29. The molecule has 0 amide bonds. The van der Waals surface area contributed by atoms with E-state index < -0.39 is 0 Å². The van der Waals surface area contributed by atoms with Gasteiger partial charge in [-0.3, -0.25) is 9.79 Å². The summed E-state index contributed by atoms with van der Waals surface area (Å²) in [6, 6.07) is 4.20. The third-order valence-electron chi connectivity index (χ3n) is 5.64. The zero-order valence-corrected chi connectivity index (χ0v) is 16.4. The van der Waals surface area contributed by atoms with Gasteiger partial charge in [0, 0.05) is 31.4 Å². The summed E-state index contributed by atoms with van der Waals surface area (Å²) in [5.74, 6) is 1.15. The lowest BCUT2D eigenvalue weighted by molar-refractivity contribution is -0.113. The van der Waals surface area contributed by atoms with Crippen LogP contribution in [-0.4, -0.2) is 72.7 Å². The smallest absolute Gasteiger partial charge is 0.213 e. The normalized spacial score (nSPS) is 24.7. The number of carbonyl (C=O) groups excluding carboxylic acids is 1. The number of likely N-dealkylation sites (tertiary alicyclic amines) is 2. The number of hydrogen-bond donors (Lipinski definition) is 0. The molecule has 2 fully saturated rings. The molecule has 4 heterocycles. The van der Waals surface area contributed by atoms with E-state index in [1.165, 1.54) is 18.4 Å². The Kier molecular flexibility index (Phi) is 5.45. The molecule has 3 aliphatic rings. The number of carbonyl (C=O) groups is 1. The van der Waals surface area contributed by atoms with Gasteiger partial charge in [0.05, 0.1) is 12.2 Å². The van der Waals surface area contributed by atoms with Gasteiger partial charge in [-0.2, -0.15) is 0 Å². The number of aliphatic imine (C=N–C) groups is 1. The number of dihydropyridines is 1. The summed E-state index contributed by atoms with van der Waals surface area (Å²) >= 11 is 6.18. The van der Waals surface area contributed by atoms with Crippen LogP contribution in [0.25, 0.3) is 0 Å². The summed E-state index contributed by atoms with van der Waals surface area (Å²) < 4.78 is 6.15. The van der Waals surface area contributed by atoms with Crippen molar-refractivity contribution >= 4 is 23.6 Å². The van der Waals surface area contributed by atoms with E-state index in [9.17, 15) is 4.79 Å². The Morgan fingerprint density at radius 1 is 1.22 bits per heavy atom. The van der Waals surface area contributed by atoms with E-state index in [1.807, 2.05) is 6.20 Å². The third kappa shape index (κ3) is 4.17. The highest BCUT2D eigenvalue weighted by molar-refractivity contribution is 6.44. The van der Waals surface area contributed by atoms with E-state index >= 15 is 0 Å². The summed E-state index contributed by atoms with van der Waals surface area (Å²) in [5, 5.41) is 0.285. The van der Waals surface area contributed by atoms with E-state index in [2.05, 4.69) is 39.0 Å². The maximum absolute atomic E-state index is 11.8. The molecule has 0 aromatic carbocycles. The molecule has 1 atom stereocenters. The van der Waals surface area contributed by atoms with Crippen molar-refractivity contribution in [2.75, 3.05) is 39.8 Å². The molecule has 27 heavy (non-hydrogen) atoms. The number of Topliss-reactive ketones (excluding diaryl/α,β-unsaturated/α-hetero) is 1. The molecule has 6 nitrogen and oxygen atoms in total. The molecule has 4 rings (SSSR count). The minimum Gasteiger partial charge on any atom is -0.472 e. The predicted molar refractivity (Wildman–Crippen MR) is 106 cm³/mol. The Morgan fingerprint density at radius 3 is 2.85 bits per heavy atom. The molecule has 0 N–H and O–H groups in total. The van der Waals surface area contributed by atoms with Crippen LogP contribution in [-0.2, 0) is 4.79 Å². The van der Waals surface area contributed by atoms with Crippen molar-refractivity contribution in [2.24, 2.45) is 4.99 Å². The molecule has 0 saturated carbocycles. The van der Waals surface area contributed by atoms with Crippen molar-refractivity contribution in [3.63, 3.8) is 0 Å². The molecular formula is C20H25ClN4O2. The van der Waals surface area contributed by atoms with Crippen LogP contribution >= 0.6 is 11.6 Å². The van der Waals surface area contributed by atoms with Gasteiger partial charge >= 0.3 is 0 Å². The van der Waals surface area contributed by atoms with Crippen LogP contribution < -0.4 is 4.74 Å². The van der Waals surface area contributed by atoms with E-state index in [0.29, 0.717) is 24.0 Å². The highest BCUT2D eigenvalue weighted by Gasteiger charge is 2.29. The lowest BCUT2D eigenvalue weighted by Gasteiger charge is -2.29. The van der Waals surface area contributed by atoms with Crippen LogP contribution in [0.4, 0.5) is 0 Å². The zero-order valence-electron chi connectivity index (χ0n) is 15.6. The molecule has 0 unspecified atom stereocenters. The van der Waals surface area contributed by atoms with Crippen LogP contribution in [0.15, 0.2) is 34.1 Å². The first-order chi connectivity index (χ1) is 13.1. The molecule has 0 spiro atoms. The molecule has 1 aromatic heterocycles. The number of ether oxygens (including phenoxy) is 1. The summed E-state index contributed by atoms with van der Waals surface area (Å²) in [6.07, 6.45) is 6.81. The molecule has 0 radical (unpaired) electrons. The standard InChI is InChI=1S/C20H25ClN4O2/c1-24-7-3-14(4-8-24)15-2-6-23-19(10-15)27-16-5-9-25(13-16)17-11-22-12-18(26)20(17)21/h2,6,10-11,14,16H,3-5,7-9,12-13H2,1H3/t16-/m1/s1. The van der Waals surface area contributed by atoms with Crippen molar-refractivity contribution in [3.8, 4) is 5.88 Å². The number of rotatable bonds is 4. The van der Waals surface area contributed by atoms with Gasteiger partial charge in [0.15, 0.2) is 5.78 Å². The Balaban J connectivity index is 1.39. The maximum atomic E-state index is 11.8. The number of ketones is 1. The van der Waals surface area contributed by atoms with Crippen molar-refractivity contribution in [3.05, 3.63) is 34.6 Å². The van der Waals surface area contributed by atoms with E-state index in [1.54, 1.807) is 6.21 Å². The topological polar surface area (TPSA) is 58.0 Å². The molecule has 0 aliphatic carbocycles. The van der Waals surface area contributed by atoms with Crippen LogP contribution in [0.5, 0.6) is 5.88 Å². The first-order valence-corrected chi connectivity index (χ1v) is 9.97. The monoisotopic (exact) mass is 388 g/mol. The van der Waals surface area contributed by atoms with Crippen molar-refractivity contribution in [1.82, 2.24) is 14.8 Å². The first kappa shape index (κ1) is 18.4. The fourth-order valence-electron chi connectivity index (χ4n) is 4.00. The van der Waals surface area contributed by atoms with Crippen molar-refractivity contribution in [2.45, 2.75) is 31.3 Å². The zero-order chi connectivity index (χ0) is 18.8. The SMILES string of the molecule is CN1CCC(c2ccnc(O[C@@H]3CCN(C4=C(Cl)C(=O)CN=C4)C3)c2)CC1. The van der Waals surface area contributed by atoms with Crippen molar-refractivity contribution < 1.29 is 9.53 Å². The summed E-state index contributed by atoms with van der Waals surface area (Å²) in [7, 11) is 2.18. The minimum atomic E-state index is -0.119. The van der Waals surface area contributed by atoms with E-state index in [4.69, 9.17) is 16.3 Å². The Hall–Kier alpha value is -1.92. The number of allylic oxidation sites excluding steroid dienone is 1. The largest absolute Gasteiger partial charge is 0.472 e. The van der Waals surface area contributed by atoms with Crippen LogP contribution in [0.2, 0.25) is 0 Å². The third-order valence-corrected chi connectivity index (χ3v) is 6.04. The number of pyridine rings is 1. The van der Waals surface area contributed by atoms with Gasteiger partial charge in [0.2, 0.25) is 5.88 Å². The Labute approximate surface area is 164 Å². The van der Waals surface area contributed by atoms with Gasteiger partial charge in [-0.25, -0.2) is 4.98 Å². The quantitative estimate of drug-likeness (QED) is 0.793. The molecule has 2 saturated heterocycles. The second-order valence-corrected chi connectivity index (χ2v) is 7.95. The lowest BCUT2D eigenvalue weighted by atomic mass is 9.90. The minimum absolute atomic E-state index is 0.0348. The Morgan fingerprint density at radius 2 is 2.04 bits per heavy atom. The average molecular weight is 389 g/mol. The molecule has 144 valence electrons. The second-order valence-electron chi connectivity index (χ2n) is 7.57. The number of piperidine rings is 1. The van der Waals surface area contributed by atoms with Gasteiger partial charge in [-0.05, 0) is 50.5 Å². The predicted octanol–water partition coefficient (Wildman–Crippen LogP) is 2.45. The molecule has 1 aromatic rings. The highest BCUT2D eigenvalue weighted by atomic mass is 35.5. The van der Waals surface area contributed by atoms with Gasteiger partial charge in [0.1, 0.15) is 17.7 Å². The van der Waals surface area contributed by atoms with Gasteiger partial charge < -0.3 is 14.5 Å². The second kappa shape index (κ2) is 7.98. The Bertz CT molecular complexity index is 771. The number of nitrogens with zero attached hydrogens (tertiary/aromatic N) is 4. The van der Waals surface area contributed by atoms with Crippen LogP contribution in [0, 0.1) is 0 Å². The van der Waals surface area contributed by atoms with Gasteiger partial charge in [-0.15, -0.1) is 0 Å². The molecular weight excluding hydrogens is 364 g/mol. The first-order valence-electron chi connectivity index (χ1n) is 9.59. The average Bonchev–Trinajstić information content (AvgIpc) is 3.13. The summed E-state index contributed by atoms with van der Waals surface area (Å²) in [6.45, 7) is 3.90. The van der Waals surface area contributed by atoms with Gasteiger partial charge in [0.25, 0.3) is 0 Å². The highest BCUT2D eigenvalue weighted by Crippen LogP contribution is 2.30. The van der Waals surface area contributed by atoms with E-state index in [0.717, 1.165) is 26.1 Å². The maximum Gasteiger partial charge on any atom is 0.213 e. The molecule has 0 bridgehead atoms.